The molecule has 8 heteroatoms. The summed E-state index contributed by atoms with van der Waals surface area (Å²) in [6.45, 7) is 5.30. The number of ether oxygens (including phenoxy) is 3. The molecule has 0 heterocycles. The number of halogens is 2. The van der Waals surface area contributed by atoms with Gasteiger partial charge < -0.3 is 14.2 Å². The van der Waals surface area contributed by atoms with Crippen molar-refractivity contribution in [2.45, 2.75) is 20.5 Å². The molecule has 172 valence electrons. The van der Waals surface area contributed by atoms with Crippen LogP contribution in [0.3, 0.4) is 0 Å². The lowest BCUT2D eigenvalue weighted by Crippen LogP contribution is -2.17. The highest BCUT2D eigenvalue weighted by Crippen LogP contribution is 2.37. The van der Waals surface area contributed by atoms with Crippen LogP contribution >= 0.6 is 38.5 Å². The van der Waals surface area contributed by atoms with Crippen LogP contribution in [0, 0.1) is 3.57 Å². The summed E-state index contributed by atoms with van der Waals surface area (Å²) in [5.74, 6) is 1.62. The Hall–Kier alpha value is -2.59. The van der Waals surface area contributed by atoms with E-state index in [1.54, 1.807) is 30.5 Å². The topological polar surface area (TPSA) is 69.2 Å². The number of nitrogens with one attached hydrogen (secondary N) is 1. The van der Waals surface area contributed by atoms with Gasteiger partial charge in [0.05, 0.1) is 23.9 Å². The largest absolute Gasteiger partial charge is 0.494 e. The van der Waals surface area contributed by atoms with Crippen molar-refractivity contribution in [2.24, 2.45) is 5.10 Å². The van der Waals surface area contributed by atoms with E-state index in [9.17, 15) is 4.79 Å². The van der Waals surface area contributed by atoms with Crippen LogP contribution in [-0.4, -0.2) is 25.3 Å². The number of nitrogens with zero attached hydrogens (tertiary/aromatic N) is 1. The number of carbonyl (C=O) groups is 1. The first kappa shape index (κ1) is 25.0. The molecule has 0 fully saturated rings. The van der Waals surface area contributed by atoms with Crippen molar-refractivity contribution in [3.8, 4) is 17.2 Å². The molecule has 0 saturated carbocycles. The predicted molar refractivity (Wildman–Crippen MR) is 141 cm³/mol. The second-order valence-electron chi connectivity index (χ2n) is 6.83. The van der Waals surface area contributed by atoms with Gasteiger partial charge >= 0.3 is 0 Å². The van der Waals surface area contributed by atoms with E-state index in [0.717, 1.165) is 21.3 Å². The monoisotopic (exact) mass is 622 g/mol. The van der Waals surface area contributed by atoms with E-state index in [1.807, 2.05) is 50.2 Å². The highest BCUT2D eigenvalue weighted by Gasteiger charge is 2.12. The molecule has 3 aromatic carbocycles. The Morgan fingerprint density at radius 2 is 1.70 bits per heavy atom. The Kier molecular flexibility index (Phi) is 9.56. The van der Waals surface area contributed by atoms with Gasteiger partial charge in [0.15, 0.2) is 11.5 Å². The maximum atomic E-state index is 12.3. The molecule has 1 amide bonds. The molecule has 0 aliphatic carbocycles. The van der Waals surface area contributed by atoms with E-state index in [2.05, 4.69) is 49.0 Å². The second-order valence-corrected chi connectivity index (χ2v) is 8.93. The summed E-state index contributed by atoms with van der Waals surface area (Å²) in [4.78, 5) is 12.3. The van der Waals surface area contributed by atoms with Crippen molar-refractivity contribution >= 4 is 50.6 Å². The van der Waals surface area contributed by atoms with Crippen molar-refractivity contribution in [2.75, 3.05) is 13.2 Å². The van der Waals surface area contributed by atoms with Crippen LogP contribution < -0.4 is 19.6 Å². The van der Waals surface area contributed by atoms with Gasteiger partial charge in [-0.2, -0.15) is 5.10 Å². The summed E-state index contributed by atoms with van der Waals surface area (Å²) in [6.07, 6.45) is 1.56. The maximum absolute atomic E-state index is 12.3. The SMILES string of the molecule is CCOc1ccc(C(=O)N/N=C\c2cc(Br)c(OCc3ccc(I)cc3)c(OCC)c2)cc1. The lowest BCUT2D eigenvalue weighted by molar-refractivity contribution is 0.0955. The van der Waals surface area contributed by atoms with Crippen LogP contribution in [0.25, 0.3) is 0 Å². The highest BCUT2D eigenvalue weighted by molar-refractivity contribution is 14.1. The molecule has 0 aromatic heterocycles. The van der Waals surface area contributed by atoms with Gasteiger partial charge in [-0.3, -0.25) is 4.79 Å². The van der Waals surface area contributed by atoms with Gasteiger partial charge in [0.1, 0.15) is 12.4 Å². The van der Waals surface area contributed by atoms with Gasteiger partial charge in [0.2, 0.25) is 0 Å². The Balaban J connectivity index is 1.67. The van der Waals surface area contributed by atoms with Gasteiger partial charge in [-0.15, -0.1) is 0 Å². The average Bonchev–Trinajstić information content (AvgIpc) is 2.80. The van der Waals surface area contributed by atoms with Gasteiger partial charge in [-0.1, -0.05) is 12.1 Å². The van der Waals surface area contributed by atoms with Gasteiger partial charge in [-0.25, -0.2) is 5.43 Å². The predicted octanol–water partition coefficient (Wildman–Crippen LogP) is 6.19. The van der Waals surface area contributed by atoms with Crippen LogP contribution in [0.15, 0.2) is 70.2 Å². The summed E-state index contributed by atoms with van der Waals surface area (Å²) >= 11 is 5.84. The lowest BCUT2D eigenvalue weighted by atomic mass is 10.2. The molecular formula is C25H24BrIN2O4. The quantitative estimate of drug-likeness (QED) is 0.166. The molecule has 0 spiro atoms. The molecule has 0 unspecified atom stereocenters. The zero-order valence-electron chi connectivity index (χ0n) is 18.3. The van der Waals surface area contributed by atoms with Crippen molar-refractivity contribution in [3.63, 3.8) is 0 Å². The first-order valence-corrected chi connectivity index (χ1v) is 12.3. The van der Waals surface area contributed by atoms with Crippen molar-refractivity contribution in [1.82, 2.24) is 5.43 Å². The molecule has 33 heavy (non-hydrogen) atoms. The first-order chi connectivity index (χ1) is 16.0. The van der Waals surface area contributed by atoms with E-state index in [0.29, 0.717) is 36.9 Å². The molecule has 0 atom stereocenters. The molecule has 1 N–H and O–H groups in total. The number of hydrogen-bond acceptors (Lipinski definition) is 5. The maximum Gasteiger partial charge on any atom is 0.271 e. The zero-order chi connectivity index (χ0) is 23.6. The molecule has 3 rings (SSSR count). The number of hydrogen-bond donors (Lipinski definition) is 1. The minimum Gasteiger partial charge on any atom is -0.494 e. The van der Waals surface area contributed by atoms with Crippen LogP contribution in [-0.2, 0) is 6.61 Å². The number of hydrazone groups is 1. The van der Waals surface area contributed by atoms with E-state index in [1.165, 1.54) is 3.57 Å². The molecule has 0 bridgehead atoms. The molecule has 0 saturated heterocycles. The first-order valence-electron chi connectivity index (χ1n) is 10.4. The normalized spacial score (nSPS) is 10.8. The summed E-state index contributed by atoms with van der Waals surface area (Å²) in [5, 5.41) is 4.08. The Bertz CT molecular complexity index is 1100. The smallest absolute Gasteiger partial charge is 0.271 e. The summed E-state index contributed by atoms with van der Waals surface area (Å²) in [6, 6.07) is 18.7. The molecule has 6 nitrogen and oxygen atoms in total. The molecule has 0 aliphatic heterocycles. The number of amides is 1. The van der Waals surface area contributed by atoms with E-state index >= 15 is 0 Å². The van der Waals surface area contributed by atoms with Crippen LogP contribution in [0.5, 0.6) is 17.2 Å². The standard InChI is InChI=1S/C25H24BrIN2O4/c1-3-31-21-11-7-19(8-12-21)25(30)29-28-15-18-13-22(26)24(23(14-18)32-4-2)33-16-17-5-9-20(27)10-6-17/h5-15H,3-4,16H2,1-2H3,(H,29,30)/b28-15-. The number of rotatable bonds is 10. The van der Waals surface area contributed by atoms with Gasteiger partial charge in [-0.05, 0) is 112 Å². The summed E-state index contributed by atoms with van der Waals surface area (Å²) in [7, 11) is 0. The van der Waals surface area contributed by atoms with Crippen molar-refractivity contribution < 1.29 is 19.0 Å². The number of carbonyl (C=O) groups excluding carboxylic acids is 1. The fraction of sp³-hybridized carbons (Fsp3) is 0.200. The van der Waals surface area contributed by atoms with Crippen LogP contribution in [0.4, 0.5) is 0 Å². The van der Waals surface area contributed by atoms with Crippen LogP contribution in [0.1, 0.15) is 35.3 Å². The summed E-state index contributed by atoms with van der Waals surface area (Å²) in [5.41, 5.74) is 4.84. The minimum absolute atomic E-state index is 0.309. The van der Waals surface area contributed by atoms with Gasteiger partial charge in [0.25, 0.3) is 5.91 Å². The Labute approximate surface area is 215 Å². The Morgan fingerprint density at radius 3 is 2.36 bits per heavy atom. The second kappa shape index (κ2) is 12.6. The third kappa shape index (κ3) is 7.46. The van der Waals surface area contributed by atoms with Gasteiger partial charge in [0, 0.05) is 9.13 Å². The zero-order valence-corrected chi connectivity index (χ0v) is 22.1. The molecular weight excluding hydrogens is 599 g/mol. The third-order valence-electron chi connectivity index (χ3n) is 4.44. The fourth-order valence-electron chi connectivity index (χ4n) is 2.90. The van der Waals surface area contributed by atoms with Crippen molar-refractivity contribution in [3.05, 3.63) is 85.4 Å². The lowest BCUT2D eigenvalue weighted by Gasteiger charge is -2.14. The minimum atomic E-state index is -0.309. The molecule has 0 aliphatic rings. The molecule has 0 radical (unpaired) electrons. The van der Waals surface area contributed by atoms with Crippen molar-refractivity contribution in [1.29, 1.82) is 0 Å². The Morgan fingerprint density at radius 1 is 1.00 bits per heavy atom. The average molecular weight is 623 g/mol. The molecule has 3 aromatic rings. The van der Waals surface area contributed by atoms with E-state index in [-0.39, 0.29) is 5.91 Å². The third-order valence-corrected chi connectivity index (χ3v) is 5.74. The summed E-state index contributed by atoms with van der Waals surface area (Å²) < 4.78 is 19.1. The highest BCUT2D eigenvalue weighted by atomic mass is 127. The van der Waals surface area contributed by atoms with E-state index < -0.39 is 0 Å². The fourth-order valence-corrected chi connectivity index (χ4v) is 3.83. The van der Waals surface area contributed by atoms with E-state index in [4.69, 9.17) is 14.2 Å². The number of benzene rings is 3. The van der Waals surface area contributed by atoms with Crippen LogP contribution in [0.2, 0.25) is 0 Å².